The summed E-state index contributed by atoms with van der Waals surface area (Å²) in [6.45, 7) is 4.75. The van der Waals surface area contributed by atoms with Gasteiger partial charge in [0.2, 0.25) is 0 Å². The molecule has 2 N–H and O–H groups in total. The van der Waals surface area contributed by atoms with Crippen molar-refractivity contribution in [3.63, 3.8) is 0 Å². The Bertz CT molecular complexity index is 947. The molecule has 0 bridgehead atoms. The lowest BCUT2D eigenvalue weighted by Crippen LogP contribution is -2.33. The van der Waals surface area contributed by atoms with E-state index in [0.29, 0.717) is 12.8 Å². The van der Waals surface area contributed by atoms with Gasteiger partial charge in [-0.25, -0.2) is 0 Å². The number of aromatic nitrogens is 1. The van der Waals surface area contributed by atoms with Crippen LogP contribution in [0.25, 0.3) is 10.9 Å². The monoisotopic (exact) mass is 395 g/mol. The lowest BCUT2D eigenvalue weighted by Gasteiger charge is -2.32. The molecule has 0 radical (unpaired) electrons. The van der Waals surface area contributed by atoms with E-state index in [4.69, 9.17) is 9.47 Å². The standard InChI is InChI=1S/C24H29NO4/c1-16(2)28-21-7-3-17(4-8-21)14-25-10-9-18-5-6-19(11-23(18)25)24-13-20(27)12-22(15-26)29-24/h3-11,16,20,22,24,26-27H,12-15H2,1-2H3. The highest BCUT2D eigenvalue weighted by atomic mass is 16.5. The van der Waals surface area contributed by atoms with Crippen LogP contribution in [0.1, 0.15) is 43.9 Å². The van der Waals surface area contributed by atoms with Crippen LogP contribution in [0.2, 0.25) is 0 Å². The summed E-state index contributed by atoms with van der Waals surface area (Å²) in [4.78, 5) is 0. The number of benzene rings is 2. The molecule has 0 saturated carbocycles. The van der Waals surface area contributed by atoms with Gasteiger partial charge in [-0.1, -0.05) is 24.3 Å². The Balaban J connectivity index is 1.55. The Morgan fingerprint density at radius 1 is 1.10 bits per heavy atom. The van der Waals surface area contributed by atoms with E-state index in [0.717, 1.165) is 23.4 Å². The van der Waals surface area contributed by atoms with Crippen LogP contribution in [0.4, 0.5) is 0 Å². The Morgan fingerprint density at radius 2 is 1.90 bits per heavy atom. The van der Waals surface area contributed by atoms with Gasteiger partial charge < -0.3 is 24.3 Å². The summed E-state index contributed by atoms with van der Waals surface area (Å²) in [6.07, 6.45) is 2.36. The minimum atomic E-state index is -0.444. The highest BCUT2D eigenvalue weighted by Crippen LogP contribution is 2.33. The average Bonchev–Trinajstić information content (AvgIpc) is 3.10. The van der Waals surface area contributed by atoms with Crippen LogP contribution in [0.15, 0.2) is 54.7 Å². The molecular weight excluding hydrogens is 366 g/mol. The minimum Gasteiger partial charge on any atom is -0.491 e. The highest BCUT2D eigenvalue weighted by molar-refractivity contribution is 5.81. The first-order chi connectivity index (χ1) is 14.0. The maximum atomic E-state index is 10.1. The van der Waals surface area contributed by atoms with Crippen LogP contribution in [0.5, 0.6) is 5.75 Å². The SMILES string of the molecule is CC(C)Oc1ccc(Cn2ccc3ccc(C4CC(O)CC(CO)O4)cc32)cc1. The van der Waals surface area contributed by atoms with Crippen LogP contribution in [0.3, 0.4) is 0 Å². The highest BCUT2D eigenvalue weighted by Gasteiger charge is 2.29. The van der Waals surface area contributed by atoms with Gasteiger partial charge in [0, 0.05) is 31.1 Å². The molecule has 29 heavy (non-hydrogen) atoms. The first kappa shape index (κ1) is 20.0. The number of nitrogens with zero attached hydrogens (tertiary/aromatic N) is 1. The van der Waals surface area contributed by atoms with Gasteiger partial charge in [0.1, 0.15) is 5.75 Å². The maximum Gasteiger partial charge on any atom is 0.119 e. The number of ether oxygens (including phenoxy) is 2. The third-order valence-corrected chi connectivity index (χ3v) is 5.40. The smallest absolute Gasteiger partial charge is 0.119 e. The van der Waals surface area contributed by atoms with Gasteiger partial charge in [0.05, 0.1) is 31.0 Å². The molecule has 5 heteroatoms. The Kier molecular flexibility index (Phi) is 5.90. The molecule has 3 atom stereocenters. The molecule has 154 valence electrons. The Labute approximate surface area is 171 Å². The van der Waals surface area contributed by atoms with E-state index in [1.807, 2.05) is 26.0 Å². The van der Waals surface area contributed by atoms with Crippen molar-refractivity contribution in [2.75, 3.05) is 6.61 Å². The molecule has 0 amide bonds. The van der Waals surface area contributed by atoms with E-state index < -0.39 is 6.10 Å². The van der Waals surface area contributed by atoms with E-state index in [-0.39, 0.29) is 24.9 Å². The molecule has 1 aliphatic heterocycles. The molecule has 3 unspecified atom stereocenters. The normalized spacial score (nSPS) is 22.3. The molecule has 2 heterocycles. The Morgan fingerprint density at radius 3 is 2.62 bits per heavy atom. The number of fused-ring (bicyclic) bond motifs is 1. The third kappa shape index (κ3) is 4.64. The molecule has 1 saturated heterocycles. The lowest BCUT2D eigenvalue weighted by atomic mass is 9.96. The number of hydrogen-bond acceptors (Lipinski definition) is 4. The fraction of sp³-hybridized carbons (Fsp3) is 0.417. The van der Waals surface area contributed by atoms with Crippen molar-refractivity contribution in [1.29, 1.82) is 0 Å². The summed E-state index contributed by atoms with van der Waals surface area (Å²) in [5.74, 6) is 0.884. The fourth-order valence-electron chi connectivity index (χ4n) is 4.00. The van der Waals surface area contributed by atoms with Gasteiger partial charge in [-0.2, -0.15) is 0 Å². The topological polar surface area (TPSA) is 63.9 Å². The number of aliphatic hydroxyl groups is 2. The second kappa shape index (κ2) is 8.57. The molecule has 0 aliphatic carbocycles. The van der Waals surface area contributed by atoms with Gasteiger partial charge in [-0.15, -0.1) is 0 Å². The summed E-state index contributed by atoms with van der Waals surface area (Å²) in [6, 6.07) is 16.6. The predicted molar refractivity (Wildman–Crippen MR) is 113 cm³/mol. The first-order valence-corrected chi connectivity index (χ1v) is 10.3. The molecule has 3 aromatic rings. The lowest BCUT2D eigenvalue weighted by molar-refractivity contribution is -0.113. The van der Waals surface area contributed by atoms with Crippen molar-refractivity contribution in [3.8, 4) is 5.75 Å². The van der Waals surface area contributed by atoms with Gasteiger partial charge in [-0.05, 0) is 54.6 Å². The zero-order valence-electron chi connectivity index (χ0n) is 17.0. The van der Waals surface area contributed by atoms with Crippen molar-refractivity contribution >= 4 is 10.9 Å². The van der Waals surface area contributed by atoms with Crippen LogP contribution in [0, 0.1) is 0 Å². The fourth-order valence-corrected chi connectivity index (χ4v) is 4.00. The van der Waals surface area contributed by atoms with E-state index in [1.165, 1.54) is 10.9 Å². The quantitative estimate of drug-likeness (QED) is 0.661. The molecule has 2 aromatic carbocycles. The third-order valence-electron chi connectivity index (χ3n) is 5.40. The first-order valence-electron chi connectivity index (χ1n) is 10.3. The molecule has 1 fully saturated rings. The van der Waals surface area contributed by atoms with E-state index >= 15 is 0 Å². The van der Waals surface area contributed by atoms with Crippen LogP contribution in [-0.4, -0.2) is 39.7 Å². The summed E-state index contributed by atoms with van der Waals surface area (Å²) in [7, 11) is 0. The summed E-state index contributed by atoms with van der Waals surface area (Å²) in [5, 5.41) is 20.7. The molecule has 1 aliphatic rings. The maximum absolute atomic E-state index is 10.1. The van der Waals surface area contributed by atoms with Gasteiger partial charge in [0.15, 0.2) is 0 Å². The summed E-state index contributed by atoms with van der Waals surface area (Å²) >= 11 is 0. The molecule has 5 nitrogen and oxygen atoms in total. The van der Waals surface area contributed by atoms with Crippen LogP contribution >= 0.6 is 0 Å². The largest absolute Gasteiger partial charge is 0.491 e. The zero-order valence-corrected chi connectivity index (χ0v) is 17.0. The second-order valence-corrected chi connectivity index (χ2v) is 8.13. The predicted octanol–water partition coefficient (Wildman–Crippen LogP) is 4.05. The number of aliphatic hydroxyl groups excluding tert-OH is 2. The molecular formula is C24H29NO4. The zero-order chi connectivity index (χ0) is 20.4. The van der Waals surface area contributed by atoms with Crippen LogP contribution < -0.4 is 4.74 Å². The number of hydrogen-bond donors (Lipinski definition) is 2. The molecule has 4 rings (SSSR count). The van der Waals surface area contributed by atoms with Crippen molar-refractivity contribution < 1.29 is 19.7 Å². The van der Waals surface area contributed by atoms with Gasteiger partial charge >= 0.3 is 0 Å². The molecule has 1 aromatic heterocycles. The van der Waals surface area contributed by atoms with E-state index in [2.05, 4.69) is 47.2 Å². The van der Waals surface area contributed by atoms with E-state index in [1.54, 1.807) is 0 Å². The molecule has 0 spiro atoms. The van der Waals surface area contributed by atoms with Gasteiger partial charge in [0.25, 0.3) is 0 Å². The van der Waals surface area contributed by atoms with Crippen molar-refractivity contribution in [3.05, 3.63) is 65.9 Å². The van der Waals surface area contributed by atoms with E-state index in [9.17, 15) is 10.2 Å². The second-order valence-electron chi connectivity index (χ2n) is 8.13. The van der Waals surface area contributed by atoms with Crippen molar-refractivity contribution in [2.45, 2.75) is 57.6 Å². The summed E-state index contributed by atoms with van der Waals surface area (Å²) in [5.41, 5.74) is 3.37. The van der Waals surface area contributed by atoms with Crippen molar-refractivity contribution in [2.24, 2.45) is 0 Å². The summed E-state index contributed by atoms with van der Waals surface area (Å²) < 4.78 is 13.9. The Hall–Kier alpha value is -2.34. The van der Waals surface area contributed by atoms with Gasteiger partial charge in [-0.3, -0.25) is 0 Å². The van der Waals surface area contributed by atoms with Crippen LogP contribution in [-0.2, 0) is 11.3 Å². The number of rotatable bonds is 6. The minimum absolute atomic E-state index is 0.0668. The average molecular weight is 395 g/mol. The van der Waals surface area contributed by atoms with Crippen molar-refractivity contribution in [1.82, 2.24) is 4.57 Å².